The number of nitrogens with one attached hydrogen (secondary N) is 1. The van der Waals surface area contributed by atoms with Gasteiger partial charge < -0.3 is 24.8 Å². The van der Waals surface area contributed by atoms with E-state index in [1.54, 1.807) is 18.9 Å². The van der Waals surface area contributed by atoms with Crippen LogP contribution in [0.5, 0.6) is 0 Å². The summed E-state index contributed by atoms with van der Waals surface area (Å²) in [4.78, 5) is 13.6. The van der Waals surface area contributed by atoms with Crippen molar-refractivity contribution < 1.29 is 19.4 Å². The first-order chi connectivity index (χ1) is 9.71. The zero-order valence-corrected chi connectivity index (χ0v) is 13.9. The van der Waals surface area contributed by atoms with Crippen molar-refractivity contribution in [2.75, 3.05) is 26.7 Å². The van der Waals surface area contributed by atoms with Gasteiger partial charge in [0.1, 0.15) is 5.60 Å². The van der Waals surface area contributed by atoms with Gasteiger partial charge in [0.25, 0.3) is 0 Å². The fourth-order valence-corrected chi connectivity index (χ4v) is 2.23. The topological polar surface area (TPSA) is 71.0 Å². The molecule has 1 saturated carbocycles. The molecule has 1 fully saturated rings. The maximum Gasteiger partial charge on any atom is 0.410 e. The molecule has 0 radical (unpaired) electrons. The molecule has 2 N–H and O–H groups in total. The van der Waals surface area contributed by atoms with E-state index < -0.39 is 11.7 Å². The Morgan fingerprint density at radius 3 is 2.52 bits per heavy atom. The summed E-state index contributed by atoms with van der Waals surface area (Å²) < 4.78 is 10.6. The maximum absolute atomic E-state index is 12.1. The van der Waals surface area contributed by atoms with Crippen LogP contribution in [-0.4, -0.2) is 66.7 Å². The van der Waals surface area contributed by atoms with Crippen molar-refractivity contribution in [1.29, 1.82) is 0 Å². The molecule has 6 nitrogen and oxygen atoms in total. The average Bonchev–Trinajstić information content (AvgIpc) is 2.27. The van der Waals surface area contributed by atoms with Gasteiger partial charge in [0, 0.05) is 32.8 Å². The lowest BCUT2D eigenvalue weighted by Gasteiger charge is -2.35. The number of carbonyl (C=O) groups is 1. The highest BCUT2D eigenvalue weighted by molar-refractivity contribution is 5.68. The van der Waals surface area contributed by atoms with Crippen LogP contribution in [0.25, 0.3) is 0 Å². The van der Waals surface area contributed by atoms with E-state index in [1.807, 2.05) is 20.8 Å². The van der Waals surface area contributed by atoms with Gasteiger partial charge in [-0.3, -0.25) is 0 Å². The third-order valence-corrected chi connectivity index (χ3v) is 3.38. The number of aliphatic hydroxyl groups excluding tert-OH is 1. The van der Waals surface area contributed by atoms with E-state index in [-0.39, 0.29) is 12.6 Å². The number of hydrogen-bond acceptors (Lipinski definition) is 5. The van der Waals surface area contributed by atoms with Crippen LogP contribution in [0.3, 0.4) is 0 Å². The van der Waals surface area contributed by atoms with Crippen LogP contribution >= 0.6 is 0 Å². The van der Waals surface area contributed by atoms with E-state index in [9.17, 15) is 9.90 Å². The van der Waals surface area contributed by atoms with Gasteiger partial charge in [-0.1, -0.05) is 0 Å². The summed E-state index contributed by atoms with van der Waals surface area (Å²) in [6, 6.07) is 0.460. The molecule has 1 unspecified atom stereocenters. The summed E-state index contributed by atoms with van der Waals surface area (Å²) in [6.45, 7) is 8.66. The lowest BCUT2D eigenvalue weighted by Crippen LogP contribution is -2.49. The third-order valence-electron chi connectivity index (χ3n) is 3.38. The Morgan fingerprint density at radius 1 is 1.43 bits per heavy atom. The number of ether oxygens (including phenoxy) is 2. The molecule has 1 rings (SSSR count). The summed E-state index contributed by atoms with van der Waals surface area (Å²) in [5.74, 6) is 0. The number of amides is 1. The van der Waals surface area contributed by atoms with Crippen molar-refractivity contribution in [2.24, 2.45) is 0 Å². The van der Waals surface area contributed by atoms with Crippen LogP contribution in [0.2, 0.25) is 0 Å². The quantitative estimate of drug-likeness (QED) is 0.743. The van der Waals surface area contributed by atoms with Crippen LogP contribution in [0.1, 0.15) is 40.5 Å². The van der Waals surface area contributed by atoms with Gasteiger partial charge >= 0.3 is 6.09 Å². The molecule has 1 amide bonds. The van der Waals surface area contributed by atoms with Gasteiger partial charge in [0.05, 0.1) is 12.2 Å². The Balaban J connectivity index is 2.34. The van der Waals surface area contributed by atoms with Crippen molar-refractivity contribution in [3.63, 3.8) is 0 Å². The summed E-state index contributed by atoms with van der Waals surface area (Å²) in [5, 5.41) is 12.9. The molecule has 0 bridgehead atoms. The molecule has 0 aliphatic heterocycles. The Bertz CT molecular complexity index is 322. The van der Waals surface area contributed by atoms with Crippen molar-refractivity contribution in [3.8, 4) is 0 Å². The number of hydrogen-bond donors (Lipinski definition) is 2. The molecular weight excluding hydrogens is 272 g/mol. The molecule has 124 valence electrons. The van der Waals surface area contributed by atoms with Gasteiger partial charge in [-0.05, 0) is 40.5 Å². The van der Waals surface area contributed by atoms with Gasteiger partial charge in [-0.2, -0.15) is 0 Å². The molecule has 0 heterocycles. The predicted molar refractivity (Wildman–Crippen MR) is 81.3 cm³/mol. The molecule has 0 aromatic rings. The molecule has 1 aliphatic carbocycles. The first kappa shape index (κ1) is 18.2. The second-order valence-electron chi connectivity index (χ2n) is 6.76. The lowest BCUT2D eigenvalue weighted by atomic mass is 9.89. The number of carbonyl (C=O) groups excluding carboxylic acids is 1. The smallest absolute Gasteiger partial charge is 0.410 e. The molecule has 1 atom stereocenters. The van der Waals surface area contributed by atoms with Crippen LogP contribution in [0.15, 0.2) is 0 Å². The first-order valence-corrected chi connectivity index (χ1v) is 7.63. The maximum atomic E-state index is 12.1. The van der Waals surface area contributed by atoms with Crippen LogP contribution < -0.4 is 5.32 Å². The minimum atomic E-state index is -0.570. The molecule has 0 saturated heterocycles. The summed E-state index contributed by atoms with van der Waals surface area (Å²) in [5.41, 5.74) is -0.527. The minimum absolute atomic E-state index is 0.280. The Kier molecular flexibility index (Phi) is 6.90. The van der Waals surface area contributed by atoms with Crippen molar-refractivity contribution in [3.05, 3.63) is 0 Å². The molecule has 0 aromatic heterocycles. The Morgan fingerprint density at radius 2 is 2.05 bits per heavy atom. The SMILES string of the molecule is COC1CC(NCCN(CC(C)O)C(=O)OC(C)(C)C)C1. The van der Waals surface area contributed by atoms with Gasteiger partial charge in [0.15, 0.2) is 0 Å². The zero-order chi connectivity index (χ0) is 16.0. The van der Waals surface area contributed by atoms with Gasteiger partial charge in [-0.25, -0.2) is 4.79 Å². The van der Waals surface area contributed by atoms with Gasteiger partial charge in [-0.15, -0.1) is 0 Å². The fraction of sp³-hybridized carbons (Fsp3) is 0.933. The van der Waals surface area contributed by atoms with E-state index in [2.05, 4.69) is 5.32 Å². The fourth-order valence-electron chi connectivity index (χ4n) is 2.23. The average molecular weight is 302 g/mol. The standard InChI is InChI=1S/C15H30N2O4/c1-11(18)10-17(14(19)21-15(2,3)4)7-6-16-12-8-13(9-12)20-5/h11-13,16,18H,6-10H2,1-5H3. The highest BCUT2D eigenvalue weighted by atomic mass is 16.6. The second kappa shape index (κ2) is 7.96. The summed E-state index contributed by atoms with van der Waals surface area (Å²) in [6.07, 6.45) is 1.44. The lowest BCUT2D eigenvalue weighted by molar-refractivity contribution is 0.00966. The van der Waals surface area contributed by atoms with E-state index in [4.69, 9.17) is 9.47 Å². The van der Waals surface area contributed by atoms with E-state index in [0.29, 0.717) is 25.2 Å². The Labute approximate surface area is 127 Å². The number of nitrogens with zero attached hydrogens (tertiary/aromatic N) is 1. The minimum Gasteiger partial charge on any atom is -0.444 e. The largest absolute Gasteiger partial charge is 0.444 e. The Hall–Kier alpha value is -0.850. The zero-order valence-electron chi connectivity index (χ0n) is 13.9. The normalized spacial score (nSPS) is 23.3. The van der Waals surface area contributed by atoms with Crippen molar-refractivity contribution in [2.45, 2.75) is 64.4 Å². The molecular formula is C15H30N2O4. The number of aliphatic hydroxyl groups is 1. The highest BCUT2D eigenvalue weighted by Gasteiger charge is 2.29. The number of methoxy groups -OCH3 is 1. The second-order valence-corrected chi connectivity index (χ2v) is 6.76. The van der Waals surface area contributed by atoms with Crippen molar-refractivity contribution in [1.82, 2.24) is 10.2 Å². The van der Waals surface area contributed by atoms with E-state index in [1.165, 1.54) is 0 Å². The molecule has 0 spiro atoms. The first-order valence-electron chi connectivity index (χ1n) is 7.63. The molecule has 0 aromatic carbocycles. The number of rotatable bonds is 7. The van der Waals surface area contributed by atoms with E-state index >= 15 is 0 Å². The molecule has 1 aliphatic rings. The highest BCUT2D eigenvalue weighted by Crippen LogP contribution is 2.22. The van der Waals surface area contributed by atoms with Crippen LogP contribution in [-0.2, 0) is 9.47 Å². The van der Waals surface area contributed by atoms with Crippen LogP contribution in [0.4, 0.5) is 4.79 Å². The predicted octanol–water partition coefficient (Wildman–Crippen LogP) is 1.37. The third kappa shape index (κ3) is 7.11. The van der Waals surface area contributed by atoms with Crippen molar-refractivity contribution >= 4 is 6.09 Å². The monoisotopic (exact) mass is 302 g/mol. The molecule has 6 heteroatoms. The van der Waals surface area contributed by atoms with Crippen LogP contribution in [0, 0.1) is 0 Å². The van der Waals surface area contributed by atoms with Gasteiger partial charge in [0.2, 0.25) is 0 Å². The molecule has 21 heavy (non-hydrogen) atoms. The summed E-state index contributed by atoms with van der Waals surface area (Å²) >= 11 is 0. The van der Waals surface area contributed by atoms with E-state index in [0.717, 1.165) is 12.8 Å². The summed E-state index contributed by atoms with van der Waals surface area (Å²) in [7, 11) is 1.73.